The Bertz CT molecular complexity index is 387. The standard InChI is InChI=1S/C15H23F3N2O/c16-15(17,18)13-4-2-1-3-12(13)14(21)20-11-7-9-5-6-10(8-11)19-9/h9-13,19H,1-8H2,(H,20,21). The maximum atomic E-state index is 13.1. The molecule has 3 nitrogen and oxygen atoms in total. The molecular weight excluding hydrogens is 281 g/mol. The Hall–Kier alpha value is -0.780. The highest BCUT2D eigenvalue weighted by atomic mass is 19.4. The van der Waals surface area contributed by atoms with Gasteiger partial charge in [-0.3, -0.25) is 4.79 Å². The summed E-state index contributed by atoms with van der Waals surface area (Å²) in [5, 5.41) is 6.39. The first-order valence-electron chi connectivity index (χ1n) is 8.06. The van der Waals surface area contributed by atoms with Crippen LogP contribution in [0, 0.1) is 11.8 Å². The quantitative estimate of drug-likeness (QED) is 0.823. The first-order chi connectivity index (χ1) is 9.93. The van der Waals surface area contributed by atoms with E-state index in [9.17, 15) is 18.0 Å². The number of piperidine rings is 1. The second kappa shape index (κ2) is 5.78. The van der Waals surface area contributed by atoms with Gasteiger partial charge in [-0.15, -0.1) is 0 Å². The van der Waals surface area contributed by atoms with Crippen molar-refractivity contribution in [2.75, 3.05) is 0 Å². The number of alkyl halides is 3. The molecule has 2 heterocycles. The summed E-state index contributed by atoms with van der Waals surface area (Å²) in [4.78, 5) is 12.3. The molecule has 2 saturated heterocycles. The van der Waals surface area contributed by atoms with Crippen molar-refractivity contribution in [3.05, 3.63) is 0 Å². The van der Waals surface area contributed by atoms with Gasteiger partial charge in [0.05, 0.1) is 5.92 Å². The molecule has 6 heteroatoms. The van der Waals surface area contributed by atoms with Gasteiger partial charge in [-0.2, -0.15) is 13.2 Å². The maximum absolute atomic E-state index is 13.1. The largest absolute Gasteiger partial charge is 0.392 e. The minimum Gasteiger partial charge on any atom is -0.353 e. The molecule has 3 aliphatic rings. The molecule has 2 N–H and O–H groups in total. The van der Waals surface area contributed by atoms with Crippen LogP contribution in [0.1, 0.15) is 51.4 Å². The highest BCUT2D eigenvalue weighted by molar-refractivity contribution is 5.79. The summed E-state index contributed by atoms with van der Waals surface area (Å²) in [5.74, 6) is -2.71. The SMILES string of the molecule is O=C(NC1CC2CCC(C1)N2)C1CCCCC1C(F)(F)F. The van der Waals surface area contributed by atoms with Gasteiger partial charge in [-0.05, 0) is 38.5 Å². The number of hydrogen-bond acceptors (Lipinski definition) is 2. The molecule has 2 aliphatic heterocycles. The summed E-state index contributed by atoms with van der Waals surface area (Å²) in [7, 11) is 0. The molecule has 120 valence electrons. The molecule has 0 radical (unpaired) electrons. The van der Waals surface area contributed by atoms with Crippen molar-refractivity contribution in [3.8, 4) is 0 Å². The van der Waals surface area contributed by atoms with Crippen LogP contribution in [0.2, 0.25) is 0 Å². The smallest absolute Gasteiger partial charge is 0.353 e. The molecule has 2 bridgehead atoms. The normalized spacial score (nSPS) is 40.0. The predicted molar refractivity (Wildman–Crippen MR) is 72.6 cm³/mol. The van der Waals surface area contributed by atoms with Crippen LogP contribution in [-0.4, -0.2) is 30.2 Å². The zero-order chi connectivity index (χ0) is 15.0. The predicted octanol–water partition coefficient (Wildman–Crippen LogP) is 2.75. The summed E-state index contributed by atoms with van der Waals surface area (Å²) < 4.78 is 39.2. The van der Waals surface area contributed by atoms with Crippen LogP contribution in [0.4, 0.5) is 13.2 Å². The van der Waals surface area contributed by atoms with E-state index in [0.717, 1.165) is 32.1 Å². The molecule has 21 heavy (non-hydrogen) atoms. The fourth-order valence-electron chi connectivity index (χ4n) is 4.32. The zero-order valence-electron chi connectivity index (χ0n) is 12.1. The lowest BCUT2D eigenvalue weighted by Gasteiger charge is -2.35. The topological polar surface area (TPSA) is 41.1 Å². The summed E-state index contributed by atoms with van der Waals surface area (Å²) in [5.41, 5.74) is 0. The highest BCUT2D eigenvalue weighted by Crippen LogP contribution is 2.41. The first kappa shape index (κ1) is 15.1. The van der Waals surface area contributed by atoms with Crippen molar-refractivity contribution in [2.24, 2.45) is 11.8 Å². The van der Waals surface area contributed by atoms with Gasteiger partial charge in [0.15, 0.2) is 0 Å². The van der Waals surface area contributed by atoms with E-state index in [0.29, 0.717) is 24.9 Å². The molecule has 0 aromatic carbocycles. The van der Waals surface area contributed by atoms with E-state index in [1.807, 2.05) is 0 Å². The zero-order valence-corrected chi connectivity index (χ0v) is 12.1. The van der Waals surface area contributed by atoms with E-state index < -0.39 is 18.0 Å². The van der Waals surface area contributed by atoms with Crippen LogP contribution in [0.25, 0.3) is 0 Å². The van der Waals surface area contributed by atoms with E-state index in [1.54, 1.807) is 0 Å². The van der Waals surface area contributed by atoms with Gasteiger partial charge in [-0.25, -0.2) is 0 Å². The molecule has 0 aromatic heterocycles. The van der Waals surface area contributed by atoms with Crippen molar-refractivity contribution in [1.82, 2.24) is 10.6 Å². The monoisotopic (exact) mass is 304 g/mol. The lowest BCUT2D eigenvalue weighted by Crippen LogP contribution is -2.51. The molecule has 1 aliphatic carbocycles. The van der Waals surface area contributed by atoms with Crippen molar-refractivity contribution in [1.29, 1.82) is 0 Å². The van der Waals surface area contributed by atoms with Crippen molar-refractivity contribution in [2.45, 2.75) is 75.7 Å². The molecular formula is C15H23F3N2O. The van der Waals surface area contributed by atoms with E-state index >= 15 is 0 Å². The number of carbonyl (C=O) groups is 1. The van der Waals surface area contributed by atoms with E-state index in [4.69, 9.17) is 0 Å². The van der Waals surface area contributed by atoms with Gasteiger partial charge in [0.1, 0.15) is 0 Å². The molecule has 1 saturated carbocycles. The van der Waals surface area contributed by atoms with Crippen molar-refractivity contribution in [3.63, 3.8) is 0 Å². The second-order valence-electron chi connectivity index (χ2n) is 6.85. The summed E-state index contributed by atoms with van der Waals surface area (Å²) in [6, 6.07) is 0.907. The van der Waals surface area contributed by atoms with Gasteiger partial charge in [0, 0.05) is 24.0 Å². The Morgan fingerprint density at radius 1 is 1.00 bits per heavy atom. The van der Waals surface area contributed by atoms with Gasteiger partial charge in [-0.1, -0.05) is 12.8 Å². The number of nitrogens with one attached hydrogen (secondary N) is 2. The van der Waals surface area contributed by atoms with Gasteiger partial charge in [0.2, 0.25) is 5.91 Å². The Balaban J connectivity index is 1.61. The Morgan fingerprint density at radius 3 is 2.24 bits per heavy atom. The minimum atomic E-state index is -4.25. The van der Waals surface area contributed by atoms with Crippen LogP contribution < -0.4 is 10.6 Å². The van der Waals surface area contributed by atoms with Crippen LogP contribution >= 0.6 is 0 Å². The maximum Gasteiger partial charge on any atom is 0.392 e. The molecule has 1 amide bonds. The lowest BCUT2D eigenvalue weighted by atomic mass is 9.78. The highest BCUT2D eigenvalue weighted by Gasteiger charge is 2.48. The average Bonchev–Trinajstić information content (AvgIpc) is 2.77. The molecule has 3 rings (SSSR count). The fraction of sp³-hybridized carbons (Fsp3) is 0.933. The third-order valence-electron chi connectivity index (χ3n) is 5.34. The van der Waals surface area contributed by atoms with Crippen molar-refractivity contribution < 1.29 is 18.0 Å². The number of hydrogen-bond donors (Lipinski definition) is 2. The van der Waals surface area contributed by atoms with Gasteiger partial charge in [0.25, 0.3) is 0 Å². The summed E-state index contributed by atoms with van der Waals surface area (Å²) in [6.07, 6.45) is 1.45. The van der Waals surface area contributed by atoms with E-state index in [1.165, 1.54) is 0 Å². The molecule has 0 aromatic rings. The number of halogens is 3. The van der Waals surface area contributed by atoms with E-state index in [2.05, 4.69) is 10.6 Å². The summed E-state index contributed by atoms with van der Waals surface area (Å²) in [6.45, 7) is 0. The minimum absolute atomic E-state index is 0.0482. The van der Waals surface area contributed by atoms with E-state index in [-0.39, 0.29) is 18.4 Å². The average molecular weight is 304 g/mol. The third kappa shape index (κ3) is 3.35. The first-order valence-corrected chi connectivity index (χ1v) is 8.06. The molecule has 3 fully saturated rings. The Labute approximate surface area is 123 Å². The van der Waals surface area contributed by atoms with Crippen LogP contribution in [0.3, 0.4) is 0 Å². The van der Waals surface area contributed by atoms with Crippen LogP contribution in [0.15, 0.2) is 0 Å². The van der Waals surface area contributed by atoms with Crippen molar-refractivity contribution >= 4 is 5.91 Å². The third-order valence-corrected chi connectivity index (χ3v) is 5.34. The van der Waals surface area contributed by atoms with Gasteiger partial charge >= 0.3 is 6.18 Å². The lowest BCUT2D eigenvalue weighted by molar-refractivity contribution is -0.198. The fourth-order valence-corrected chi connectivity index (χ4v) is 4.32. The number of carbonyl (C=O) groups excluding carboxylic acids is 1. The van der Waals surface area contributed by atoms with Gasteiger partial charge < -0.3 is 10.6 Å². The number of fused-ring (bicyclic) bond motifs is 2. The number of amides is 1. The second-order valence-corrected chi connectivity index (χ2v) is 6.85. The Kier molecular flexibility index (Phi) is 4.17. The molecule has 4 unspecified atom stereocenters. The molecule has 0 spiro atoms. The number of rotatable bonds is 2. The molecule has 4 atom stereocenters. The van der Waals surface area contributed by atoms with Crippen LogP contribution in [0.5, 0.6) is 0 Å². The van der Waals surface area contributed by atoms with Crippen LogP contribution in [-0.2, 0) is 4.79 Å². The summed E-state index contributed by atoms with van der Waals surface area (Å²) >= 11 is 0. The Morgan fingerprint density at radius 2 is 1.62 bits per heavy atom.